The molecule has 1 aliphatic heterocycles. The molecular formula is C22H38N6O7. The Hall–Kier alpha value is -3.22. The van der Waals surface area contributed by atoms with Gasteiger partial charge in [-0.2, -0.15) is 0 Å². The summed E-state index contributed by atoms with van der Waals surface area (Å²) in [6.45, 7) is 7.48. The Bertz CT molecular complexity index is 816. The number of likely N-dealkylation sites (tertiary alicyclic amines) is 1. The van der Waals surface area contributed by atoms with Gasteiger partial charge in [0.05, 0.1) is 13.2 Å². The van der Waals surface area contributed by atoms with Crippen LogP contribution in [0.1, 0.15) is 47.5 Å². The lowest BCUT2D eigenvalue weighted by atomic mass is 9.99. The molecule has 0 aromatic heterocycles. The van der Waals surface area contributed by atoms with E-state index >= 15 is 0 Å². The topological polar surface area (TPSA) is 200 Å². The van der Waals surface area contributed by atoms with Crippen molar-refractivity contribution in [2.45, 2.75) is 71.6 Å². The van der Waals surface area contributed by atoms with Gasteiger partial charge in [-0.1, -0.05) is 27.7 Å². The van der Waals surface area contributed by atoms with E-state index in [1.54, 1.807) is 27.7 Å². The van der Waals surface area contributed by atoms with E-state index in [4.69, 9.17) is 5.73 Å². The lowest BCUT2D eigenvalue weighted by Gasteiger charge is -2.30. The highest BCUT2D eigenvalue weighted by atomic mass is 16.3. The summed E-state index contributed by atoms with van der Waals surface area (Å²) in [6.07, 6.45) is 1.18. The fraction of sp³-hybridized carbons (Fsp3) is 0.727. The second-order valence-corrected chi connectivity index (χ2v) is 9.26. The summed E-state index contributed by atoms with van der Waals surface area (Å²) in [5, 5.41) is 19.3. The van der Waals surface area contributed by atoms with Crippen molar-refractivity contribution in [3.8, 4) is 0 Å². The van der Waals surface area contributed by atoms with Gasteiger partial charge in [0, 0.05) is 13.5 Å². The maximum atomic E-state index is 13.1. The molecule has 4 atom stereocenters. The fourth-order valence-electron chi connectivity index (χ4n) is 3.73. The molecule has 6 amide bonds. The van der Waals surface area contributed by atoms with Crippen LogP contribution in [0.5, 0.6) is 0 Å². The highest BCUT2D eigenvalue weighted by Gasteiger charge is 2.36. The minimum atomic E-state index is -1.36. The van der Waals surface area contributed by atoms with Gasteiger partial charge in [0.1, 0.15) is 24.2 Å². The molecular weight excluding hydrogens is 460 g/mol. The van der Waals surface area contributed by atoms with Crippen LogP contribution in [0, 0.1) is 11.8 Å². The molecule has 1 aliphatic rings. The summed E-state index contributed by atoms with van der Waals surface area (Å²) < 4.78 is 0. The summed E-state index contributed by atoms with van der Waals surface area (Å²) in [4.78, 5) is 74.9. The number of nitrogens with zero attached hydrogens (tertiary/aromatic N) is 1. The second kappa shape index (κ2) is 13.6. The van der Waals surface area contributed by atoms with Crippen LogP contribution in [0.3, 0.4) is 0 Å². The van der Waals surface area contributed by atoms with Gasteiger partial charge in [-0.15, -0.1) is 0 Å². The summed E-state index contributed by atoms with van der Waals surface area (Å²) >= 11 is 0. The number of aliphatic hydroxyl groups is 1. The number of nitrogens with one attached hydrogen (secondary N) is 4. The van der Waals surface area contributed by atoms with E-state index < -0.39 is 72.8 Å². The van der Waals surface area contributed by atoms with Gasteiger partial charge in [-0.3, -0.25) is 28.8 Å². The van der Waals surface area contributed by atoms with Gasteiger partial charge in [-0.05, 0) is 24.7 Å². The molecule has 0 aromatic rings. The quantitative estimate of drug-likeness (QED) is 0.169. The third kappa shape index (κ3) is 8.81. The number of primary amides is 1. The van der Waals surface area contributed by atoms with Crippen LogP contribution in [-0.2, 0) is 28.8 Å². The largest absolute Gasteiger partial charge is 0.394 e. The minimum absolute atomic E-state index is 0.219. The lowest BCUT2D eigenvalue weighted by molar-refractivity contribution is -0.139. The minimum Gasteiger partial charge on any atom is -0.394 e. The number of nitrogens with two attached hydrogens (primary N) is 1. The smallest absolute Gasteiger partial charge is 0.245 e. The van der Waals surface area contributed by atoms with Crippen molar-refractivity contribution in [2.24, 2.45) is 17.6 Å². The van der Waals surface area contributed by atoms with E-state index in [1.807, 2.05) is 0 Å². The zero-order valence-electron chi connectivity index (χ0n) is 20.9. The maximum Gasteiger partial charge on any atom is 0.245 e. The normalized spacial score (nSPS) is 17.9. The number of aliphatic hydroxyl groups excluding tert-OH is 1. The van der Waals surface area contributed by atoms with E-state index in [0.717, 1.165) is 0 Å². The SMILES string of the molecule is CC(=O)N1CCC[C@H]1C(=O)N[C@H](C(=O)N[C@H](C(=O)N[C@@H](CO)C(=O)NCC(N)=O)C(C)C)C(C)C. The first-order chi connectivity index (χ1) is 16.3. The molecule has 0 unspecified atom stereocenters. The molecule has 1 heterocycles. The molecule has 0 aliphatic carbocycles. The van der Waals surface area contributed by atoms with Crippen LogP contribution in [-0.4, -0.2) is 89.3 Å². The van der Waals surface area contributed by atoms with Crippen molar-refractivity contribution in [3.63, 3.8) is 0 Å². The maximum absolute atomic E-state index is 13.1. The third-order valence-electron chi connectivity index (χ3n) is 5.71. The van der Waals surface area contributed by atoms with Crippen LogP contribution in [0.2, 0.25) is 0 Å². The number of amides is 6. The van der Waals surface area contributed by atoms with Crippen molar-refractivity contribution < 1.29 is 33.9 Å². The zero-order chi connectivity index (χ0) is 26.9. The number of hydrogen-bond donors (Lipinski definition) is 6. The first-order valence-electron chi connectivity index (χ1n) is 11.6. The number of rotatable bonds is 12. The lowest BCUT2D eigenvalue weighted by Crippen LogP contribution is -2.60. The summed E-state index contributed by atoms with van der Waals surface area (Å²) in [5.74, 6) is -4.33. The Morgan fingerprint density at radius 2 is 1.46 bits per heavy atom. The molecule has 13 nitrogen and oxygen atoms in total. The van der Waals surface area contributed by atoms with E-state index in [1.165, 1.54) is 11.8 Å². The van der Waals surface area contributed by atoms with Crippen LogP contribution >= 0.6 is 0 Å². The molecule has 1 saturated heterocycles. The first kappa shape index (κ1) is 29.8. The van der Waals surface area contributed by atoms with Crippen molar-refractivity contribution in [2.75, 3.05) is 19.7 Å². The second-order valence-electron chi connectivity index (χ2n) is 9.26. The Morgan fingerprint density at radius 1 is 0.914 bits per heavy atom. The van der Waals surface area contributed by atoms with Gasteiger partial charge >= 0.3 is 0 Å². The predicted octanol–water partition coefficient (Wildman–Crippen LogP) is -2.64. The standard InChI is InChI=1S/C22H38N6O7/c1-11(2)17(21(34)25-14(10-29)19(32)24-9-16(23)31)27-22(35)18(12(3)4)26-20(33)15-7-6-8-28(15)13(5)30/h11-12,14-15,17-18,29H,6-10H2,1-5H3,(H2,23,31)(H,24,32)(H,25,34)(H,26,33)(H,27,35)/t14-,15-,17-,18-/m0/s1. The Balaban J connectivity index is 2.90. The summed E-state index contributed by atoms with van der Waals surface area (Å²) in [6, 6.07) is -4.08. The average Bonchev–Trinajstić information content (AvgIpc) is 3.27. The van der Waals surface area contributed by atoms with Gasteiger partial charge in [0.25, 0.3) is 0 Å². The van der Waals surface area contributed by atoms with Crippen molar-refractivity contribution in [3.05, 3.63) is 0 Å². The third-order valence-corrected chi connectivity index (χ3v) is 5.71. The van der Waals surface area contributed by atoms with Crippen LogP contribution in [0.25, 0.3) is 0 Å². The predicted molar refractivity (Wildman–Crippen MR) is 125 cm³/mol. The Morgan fingerprint density at radius 3 is 1.94 bits per heavy atom. The van der Waals surface area contributed by atoms with Gasteiger partial charge in [-0.25, -0.2) is 0 Å². The first-order valence-corrected chi connectivity index (χ1v) is 11.6. The van der Waals surface area contributed by atoms with Crippen LogP contribution in [0.15, 0.2) is 0 Å². The van der Waals surface area contributed by atoms with Crippen molar-refractivity contribution in [1.29, 1.82) is 0 Å². The molecule has 1 rings (SSSR count). The molecule has 13 heteroatoms. The Kier molecular flexibility index (Phi) is 11.6. The molecule has 0 saturated carbocycles. The highest BCUT2D eigenvalue weighted by Crippen LogP contribution is 2.18. The average molecular weight is 499 g/mol. The molecule has 7 N–H and O–H groups in total. The highest BCUT2D eigenvalue weighted by molar-refractivity contribution is 5.96. The van der Waals surface area contributed by atoms with E-state index in [2.05, 4.69) is 21.3 Å². The van der Waals surface area contributed by atoms with Crippen molar-refractivity contribution >= 4 is 35.4 Å². The molecule has 35 heavy (non-hydrogen) atoms. The van der Waals surface area contributed by atoms with Crippen molar-refractivity contribution in [1.82, 2.24) is 26.2 Å². The Labute approximate surface area is 204 Å². The molecule has 0 spiro atoms. The van der Waals surface area contributed by atoms with Gasteiger partial charge in [0.2, 0.25) is 35.4 Å². The van der Waals surface area contributed by atoms with E-state index in [0.29, 0.717) is 19.4 Å². The van der Waals surface area contributed by atoms with Gasteiger partial charge < -0.3 is 37.0 Å². The molecule has 0 aromatic carbocycles. The number of carbonyl (C=O) groups is 6. The fourth-order valence-corrected chi connectivity index (χ4v) is 3.73. The van der Waals surface area contributed by atoms with E-state index in [9.17, 15) is 33.9 Å². The number of carbonyl (C=O) groups excluding carboxylic acids is 6. The summed E-state index contributed by atoms with van der Waals surface area (Å²) in [5.41, 5.74) is 4.98. The van der Waals surface area contributed by atoms with E-state index in [-0.39, 0.29) is 11.8 Å². The van der Waals surface area contributed by atoms with Crippen LogP contribution in [0.4, 0.5) is 0 Å². The zero-order valence-corrected chi connectivity index (χ0v) is 20.9. The van der Waals surface area contributed by atoms with Gasteiger partial charge in [0.15, 0.2) is 0 Å². The monoisotopic (exact) mass is 498 g/mol. The molecule has 198 valence electrons. The molecule has 1 fully saturated rings. The number of hydrogen-bond acceptors (Lipinski definition) is 7. The molecule has 0 bridgehead atoms. The molecule has 0 radical (unpaired) electrons. The van der Waals surface area contributed by atoms with Crippen LogP contribution < -0.4 is 27.0 Å². The summed E-state index contributed by atoms with van der Waals surface area (Å²) in [7, 11) is 0.